The van der Waals surface area contributed by atoms with Crippen LogP contribution >= 0.6 is 24.0 Å². The molecule has 0 aliphatic carbocycles. The molecule has 0 radical (unpaired) electrons. The molecule has 0 bridgehead atoms. The van der Waals surface area contributed by atoms with Crippen LogP contribution in [0, 0.1) is 5.82 Å². The second-order valence-electron chi connectivity index (χ2n) is 6.29. The summed E-state index contributed by atoms with van der Waals surface area (Å²) in [4.78, 5) is 18.4. The normalized spacial score (nSPS) is 15.6. The number of rotatable bonds is 8. The van der Waals surface area contributed by atoms with E-state index in [1.54, 1.807) is 6.07 Å². The summed E-state index contributed by atoms with van der Waals surface area (Å²) in [6.45, 7) is 6.95. The molecule has 1 aromatic rings. The molecule has 1 unspecified atom stereocenters. The molecular formula is C19H30FIN4O. The minimum atomic E-state index is -0.244. The number of nitrogens with zero attached hydrogens (tertiary/aromatic N) is 2. The Bertz CT molecular complexity index is 597. The molecule has 1 aliphatic heterocycles. The molecule has 1 amide bonds. The summed E-state index contributed by atoms with van der Waals surface area (Å²) < 4.78 is 13.2. The lowest BCUT2D eigenvalue weighted by Crippen LogP contribution is -2.42. The number of aliphatic imine (C=N–C) groups is 1. The van der Waals surface area contributed by atoms with Gasteiger partial charge in [0.2, 0.25) is 5.91 Å². The second-order valence-corrected chi connectivity index (χ2v) is 6.29. The Hall–Kier alpha value is -1.38. The fourth-order valence-corrected chi connectivity index (χ4v) is 3.14. The van der Waals surface area contributed by atoms with E-state index in [0.717, 1.165) is 50.4 Å². The van der Waals surface area contributed by atoms with Crippen molar-refractivity contribution in [2.75, 3.05) is 19.6 Å². The van der Waals surface area contributed by atoms with Crippen molar-refractivity contribution in [3.63, 3.8) is 0 Å². The fourth-order valence-electron chi connectivity index (χ4n) is 3.14. The van der Waals surface area contributed by atoms with Crippen molar-refractivity contribution in [3.05, 3.63) is 35.6 Å². The predicted octanol–water partition coefficient (Wildman–Crippen LogP) is 3.29. The van der Waals surface area contributed by atoms with Crippen LogP contribution in [0.25, 0.3) is 0 Å². The maximum Gasteiger partial charge on any atom is 0.222 e. The molecule has 0 saturated carbocycles. The van der Waals surface area contributed by atoms with E-state index in [2.05, 4.69) is 22.5 Å². The molecule has 2 rings (SSSR count). The Morgan fingerprint density at radius 2 is 2.15 bits per heavy atom. The third kappa shape index (κ3) is 7.09. The van der Waals surface area contributed by atoms with Crippen molar-refractivity contribution >= 4 is 35.8 Å². The maximum atomic E-state index is 13.2. The van der Waals surface area contributed by atoms with Gasteiger partial charge in [-0.2, -0.15) is 0 Å². The lowest BCUT2D eigenvalue weighted by Gasteiger charge is -2.27. The van der Waals surface area contributed by atoms with Crippen molar-refractivity contribution < 1.29 is 9.18 Å². The highest BCUT2D eigenvalue weighted by molar-refractivity contribution is 14.0. The molecule has 5 nitrogen and oxygen atoms in total. The molecule has 7 heteroatoms. The molecule has 1 fully saturated rings. The van der Waals surface area contributed by atoms with Crippen LogP contribution in [0.3, 0.4) is 0 Å². The number of amides is 1. The van der Waals surface area contributed by atoms with Gasteiger partial charge >= 0.3 is 0 Å². The van der Waals surface area contributed by atoms with Crippen LogP contribution in [0.4, 0.5) is 4.39 Å². The molecule has 2 N–H and O–H groups in total. The topological polar surface area (TPSA) is 56.7 Å². The quantitative estimate of drug-likeness (QED) is 0.344. The molecule has 0 aromatic heterocycles. The van der Waals surface area contributed by atoms with Gasteiger partial charge in [-0.1, -0.05) is 19.1 Å². The van der Waals surface area contributed by atoms with Crippen LogP contribution in [0.5, 0.6) is 0 Å². The van der Waals surface area contributed by atoms with E-state index in [1.165, 1.54) is 12.1 Å². The molecule has 1 atom stereocenters. The van der Waals surface area contributed by atoms with Crippen molar-refractivity contribution in [3.8, 4) is 0 Å². The van der Waals surface area contributed by atoms with Crippen LogP contribution in [0.2, 0.25) is 0 Å². The first-order valence-electron chi connectivity index (χ1n) is 9.20. The highest BCUT2D eigenvalue weighted by Gasteiger charge is 2.26. The first kappa shape index (κ1) is 22.7. The number of nitrogens with one attached hydrogen (secondary N) is 2. The SMILES string of the molecule is CCNC(=NCc1cccc(F)c1)NCCC(CC)N1CCCC1=O.I. The van der Waals surface area contributed by atoms with Crippen molar-refractivity contribution in [1.29, 1.82) is 0 Å². The third-order valence-electron chi connectivity index (χ3n) is 4.45. The highest BCUT2D eigenvalue weighted by Crippen LogP contribution is 2.17. The first-order valence-corrected chi connectivity index (χ1v) is 9.20. The van der Waals surface area contributed by atoms with Crippen molar-refractivity contribution in [2.24, 2.45) is 4.99 Å². The Labute approximate surface area is 172 Å². The van der Waals surface area contributed by atoms with Crippen LogP contribution in [-0.2, 0) is 11.3 Å². The van der Waals surface area contributed by atoms with Crippen LogP contribution in [0.15, 0.2) is 29.3 Å². The van der Waals surface area contributed by atoms with Gasteiger partial charge in [-0.25, -0.2) is 9.38 Å². The second kappa shape index (κ2) is 12.1. The Kier molecular flexibility index (Phi) is 10.5. The van der Waals surface area contributed by atoms with E-state index in [-0.39, 0.29) is 41.7 Å². The minimum absolute atomic E-state index is 0. The smallest absolute Gasteiger partial charge is 0.222 e. The Morgan fingerprint density at radius 1 is 1.35 bits per heavy atom. The average Bonchev–Trinajstić information content (AvgIpc) is 3.02. The first-order chi connectivity index (χ1) is 12.1. The molecule has 0 spiro atoms. The minimum Gasteiger partial charge on any atom is -0.357 e. The number of hydrogen-bond donors (Lipinski definition) is 2. The molecule has 1 aromatic carbocycles. The summed E-state index contributed by atoms with van der Waals surface area (Å²) in [5.41, 5.74) is 0.839. The lowest BCUT2D eigenvalue weighted by molar-refractivity contribution is -0.129. The Morgan fingerprint density at radius 3 is 2.77 bits per heavy atom. The number of hydrogen-bond acceptors (Lipinski definition) is 2. The molecule has 26 heavy (non-hydrogen) atoms. The number of benzene rings is 1. The molecule has 1 saturated heterocycles. The molecule has 1 heterocycles. The van der Waals surface area contributed by atoms with E-state index in [1.807, 2.05) is 17.9 Å². The Balaban J connectivity index is 0.00000338. The summed E-state index contributed by atoms with van der Waals surface area (Å²) in [5.74, 6) is 0.750. The zero-order valence-corrected chi connectivity index (χ0v) is 18.0. The summed E-state index contributed by atoms with van der Waals surface area (Å²) in [6.07, 6.45) is 3.51. The average molecular weight is 476 g/mol. The number of halogens is 2. The predicted molar refractivity (Wildman–Crippen MR) is 114 cm³/mol. The monoisotopic (exact) mass is 476 g/mol. The molecular weight excluding hydrogens is 446 g/mol. The van der Waals surface area contributed by atoms with Gasteiger partial charge in [0.25, 0.3) is 0 Å². The zero-order valence-electron chi connectivity index (χ0n) is 15.6. The summed E-state index contributed by atoms with van der Waals surface area (Å²) in [6, 6.07) is 6.77. The van der Waals surface area contributed by atoms with E-state index in [9.17, 15) is 9.18 Å². The molecule has 1 aliphatic rings. The number of carbonyl (C=O) groups is 1. The summed E-state index contributed by atoms with van der Waals surface area (Å²) >= 11 is 0. The van der Waals surface area contributed by atoms with E-state index < -0.39 is 0 Å². The lowest BCUT2D eigenvalue weighted by atomic mass is 10.1. The van der Waals surface area contributed by atoms with Gasteiger partial charge in [-0.3, -0.25) is 4.79 Å². The number of guanidine groups is 1. The van der Waals surface area contributed by atoms with Gasteiger partial charge in [-0.05, 0) is 43.9 Å². The number of likely N-dealkylation sites (tertiary alicyclic amines) is 1. The standard InChI is InChI=1S/C19H29FN4O.HI/c1-3-17(24-12-6-9-18(24)25)10-11-22-19(21-4-2)23-14-15-7-5-8-16(20)13-15;/h5,7-8,13,17H,3-4,6,9-12,14H2,1-2H3,(H2,21,22,23);1H. The number of carbonyl (C=O) groups excluding carboxylic acids is 1. The van der Waals surface area contributed by atoms with Gasteiger partial charge in [0.15, 0.2) is 5.96 Å². The van der Waals surface area contributed by atoms with Crippen LogP contribution in [0.1, 0.15) is 45.1 Å². The summed E-state index contributed by atoms with van der Waals surface area (Å²) in [7, 11) is 0. The van der Waals surface area contributed by atoms with Crippen LogP contribution < -0.4 is 10.6 Å². The van der Waals surface area contributed by atoms with Gasteiger partial charge in [0.1, 0.15) is 5.82 Å². The van der Waals surface area contributed by atoms with Crippen molar-refractivity contribution in [2.45, 2.75) is 52.1 Å². The largest absolute Gasteiger partial charge is 0.357 e. The van der Waals surface area contributed by atoms with Gasteiger partial charge in [0.05, 0.1) is 6.54 Å². The zero-order chi connectivity index (χ0) is 18.1. The van der Waals surface area contributed by atoms with E-state index in [0.29, 0.717) is 13.0 Å². The maximum absolute atomic E-state index is 13.2. The van der Waals surface area contributed by atoms with Crippen molar-refractivity contribution in [1.82, 2.24) is 15.5 Å². The highest BCUT2D eigenvalue weighted by atomic mass is 127. The van der Waals surface area contributed by atoms with E-state index in [4.69, 9.17) is 0 Å². The third-order valence-corrected chi connectivity index (χ3v) is 4.45. The van der Waals surface area contributed by atoms with Gasteiger partial charge < -0.3 is 15.5 Å². The van der Waals surface area contributed by atoms with Gasteiger partial charge in [-0.15, -0.1) is 24.0 Å². The summed E-state index contributed by atoms with van der Waals surface area (Å²) in [5, 5.41) is 6.52. The van der Waals surface area contributed by atoms with Crippen LogP contribution in [-0.4, -0.2) is 42.4 Å². The fraction of sp³-hybridized carbons (Fsp3) is 0.579. The molecule has 146 valence electrons. The van der Waals surface area contributed by atoms with Gasteiger partial charge in [0, 0.05) is 32.1 Å². The van der Waals surface area contributed by atoms with E-state index >= 15 is 0 Å².